The summed E-state index contributed by atoms with van der Waals surface area (Å²) in [6, 6.07) is 14.8. The second kappa shape index (κ2) is 7.27. The van der Waals surface area contributed by atoms with Crippen LogP contribution in [-0.4, -0.2) is 26.8 Å². The minimum atomic E-state index is -1.10. The fourth-order valence-corrected chi connectivity index (χ4v) is 3.31. The van der Waals surface area contributed by atoms with Gasteiger partial charge >= 0.3 is 5.97 Å². The van der Waals surface area contributed by atoms with Crippen molar-refractivity contribution in [3.8, 4) is 0 Å². The minimum Gasteiger partial charge on any atom is -0.477 e. The van der Waals surface area contributed by atoms with Crippen LogP contribution in [0.3, 0.4) is 0 Å². The Morgan fingerprint density at radius 3 is 2.55 bits per heavy atom. The number of anilines is 2. The van der Waals surface area contributed by atoms with Crippen LogP contribution in [-0.2, 0) is 4.79 Å². The summed E-state index contributed by atoms with van der Waals surface area (Å²) < 4.78 is 1.63. The highest BCUT2D eigenvalue weighted by molar-refractivity contribution is 6.08. The molecular formula is C22H20N4O3. The molecule has 7 nitrogen and oxygen atoms in total. The Kier molecular flexibility index (Phi) is 4.64. The quantitative estimate of drug-likeness (QED) is 0.633. The standard InChI is InChI=1S/C22H20N4O3/c1-13-6-8-15(9-7-13)19-11-18(22(28)29)25-20-17(12-23-26(19)20)21(27)24-16-5-3-4-14(2)10-16/h3-12,19,25H,1-2H3,(H,24,27)(H,28,29). The number of aromatic nitrogens is 2. The lowest BCUT2D eigenvalue weighted by molar-refractivity contribution is -0.132. The van der Waals surface area contributed by atoms with E-state index in [2.05, 4.69) is 15.7 Å². The van der Waals surface area contributed by atoms with Gasteiger partial charge in [-0.05, 0) is 43.2 Å². The Morgan fingerprint density at radius 2 is 1.86 bits per heavy atom. The molecule has 0 aliphatic carbocycles. The lowest BCUT2D eigenvalue weighted by Crippen LogP contribution is -2.25. The molecule has 2 aromatic carbocycles. The van der Waals surface area contributed by atoms with Crippen LogP contribution in [0.15, 0.2) is 66.5 Å². The molecule has 29 heavy (non-hydrogen) atoms. The van der Waals surface area contributed by atoms with Gasteiger partial charge in [0.15, 0.2) is 0 Å². The lowest BCUT2D eigenvalue weighted by atomic mass is 10.0. The summed E-state index contributed by atoms with van der Waals surface area (Å²) >= 11 is 0. The normalized spacial score (nSPS) is 15.1. The molecule has 1 atom stereocenters. The SMILES string of the molecule is Cc1ccc(C2C=C(C(=O)O)Nc3c(C(=O)Nc4cccc(C)c4)cnn32)cc1. The van der Waals surface area contributed by atoms with E-state index in [1.165, 1.54) is 6.20 Å². The summed E-state index contributed by atoms with van der Waals surface area (Å²) in [5, 5.41) is 19.6. The van der Waals surface area contributed by atoms with E-state index in [4.69, 9.17) is 0 Å². The Balaban J connectivity index is 1.72. The number of carboxylic acids is 1. The van der Waals surface area contributed by atoms with Crippen LogP contribution in [0.25, 0.3) is 0 Å². The third-order valence-corrected chi connectivity index (χ3v) is 4.81. The number of fused-ring (bicyclic) bond motifs is 1. The van der Waals surface area contributed by atoms with Crippen LogP contribution in [0, 0.1) is 13.8 Å². The Hall–Kier alpha value is -3.87. The predicted molar refractivity (Wildman–Crippen MR) is 110 cm³/mol. The summed E-state index contributed by atoms with van der Waals surface area (Å²) in [6.07, 6.45) is 3.04. The average Bonchev–Trinajstić information content (AvgIpc) is 3.12. The van der Waals surface area contributed by atoms with Crippen molar-refractivity contribution in [2.75, 3.05) is 10.6 Å². The van der Waals surface area contributed by atoms with E-state index in [0.717, 1.165) is 16.7 Å². The fourth-order valence-electron chi connectivity index (χ4n) is 3.31. The summed E-state index contributed by atoms with van der Waals surface area (Å²) in [4.78, 5) is 24.5. The average molecular weight is 388 g/mol. The van der Waals surface area contributed by atoms with E-state index in [1.54, 1.807) is 16.8 Å². The second-order valence-electron chi connectivity index (χ2n) is 7.04. The first-order valence-corrected chi connectivity index (χ1v) is 9.16. The molecule has 0 radical (unpaired) electrons. The van der Waals surface area contributed by atoms with E-state index < -0.39 is 12.0 Å². The van der Waals surface area contributed by atoms with E-state index >= 15 is 0 Å². The van der Waals surface area contributed by atoms with Crippen molar-refractivity contribution in [2.45, 2.75) is 19.9 Å². The maximum atomic E-state index is 12.9. The van der Waals surface area contributed by atoms with Gasteiger partial charge in [0.2, 0.25) is 0 Å². The second-order valence-corrected chi connectivity index (χ2v) is 7.04. The molecule has 2 heterocycles. The Bertz CT molecular complexity index is 1130. The molecule has 3 N–H and O–H groups in total. The van der Waals surface area contributed by atoms with Gasteiger partial charge in [-0.15, -0.1) is 0 Å². The fraction of sp³-hybridized carbons (Fsp3) is 0.136. The molecule has 4 rings (SSSR count). The van der Waals surface area contributed by atoms with E-state index in [0.29, 0.717) is 11.5 Å². The molecule has 1 aromatic heterocycles. The smallest absolute Gasteiger partial charge is 0.352 e. The highest BCUT2D eigenvalue weighted by atomic mass is 16.4. The van der Waals surface area contributed by atoms with Gasteiger partial charge in [0.05, 0.1) is 12.2 Å². The zero-order chi connectivity index (χ0) is 20.5. The van der Waals surface area contributed by atoms with Gasteiger partial charge in [-0.25, -0.2) is 9.48 Å². The highest BCUT2D eigenvalue weighted by Gasteiger charge is 2.29. The van der Waals surface area contributed by atoms with Gasteiger partial charge in [-0.2, -0.15) is 5.10 Å². The van der Waals surface area contributed by atoms with Gasteiger partial charge in [0.1, 0.15) is 17.1 Å². The molecule has 146 valence electrons. The lowest BCUT2D eigenvalue weighted by Gasteiger charge is -2.24. The zero-order valence-corrected chi connectivity index (χ0v) is 16.0. The van der Waals surface area contributed by atoms with Crippen molar-refractivity contribution < 1.29 is 14.7 Å². The Morgan fingerprint density at radius 1 is 1.10 bits per heavy atom. The summed E-state index contributed by atoms with van der Waals surface area (Å²) in [5.74, 6) is -1.11. The number of amides is 1. The van der Waals surface area contributed by atoms with Gasteiger partial charge in [0, 0.05) is 5.69 Å². The molecule has 0 saturated heterocycles. The van der Waals surface area contributed by atoms with E-state index in [-0.39, 0.29) is 17.2 Å². The number of allylic oxidation sites excluding steroid dienone is 1. The number of hydrogen-bond donors (Lipinski definition) is 3. The monoisotopic (exact) mass is 388 g/mol. The van der Waals surface area contributed by atoms with Crippen molar-refractivity contribution in [2.24, 2.45) is 0 Å². The first kappa shape index (κ1) is 18.5. The molecule has 3 aromatic rings. The minimum absolute atomic E-state index is 0.00757. The van der Waals surface area contributed by atoms with Gasteiger partial charge < -0.3 is 15.7 Å². The molecule has 0 bridgehead atoms. The number of aryl methyl sites for hydroxylation is 2. The number of carbonyl (C=O) groups is 2. The number of hydrogen-bond acceptors (Lipinski definition) is 4. The van der Waals surface area contributed by atoms with Crippen molar-refractivity contribution in [3.63, 3.8) is 0 Å². The molecule has 1 amide bonds. The van der Waals surface area contributed by atoms with E-state index in [1.807, 2.05) is 56.3 Å². The molecule has 0 spiro atoms. The number of nitrogens with one attached hydrogen (secondary N) is 2. The van der Waals surface area contributed by atoms with Crippen LogP contribution in [0.2, 0.25) is 0 Å². The number of rotatable bonds is 4. The number of nitrogens with zero attached hydrogens (tertiary/aromatic N) is 2. The number of carbonyl (C=O) groups excluding carboxylic acids is 1. The first-order chi connectivity index (χ1) is 13.9. The molecule has 0 fully saturated rings. The van der Waals surface area contributed by atoms with Crippen LogP contribution in [0.4, 0.5) is 11.5 Å². The van der Waals surface area contributed by atoms with Crippen LogP contribution < -0.4 is 10.6 Å². The van der Waals surface area contributed by atoms with Crippen LogP contribution >= 0.6 is 0 Å². The molecule has 7 heteroatoms. The van der Waals surface area contributed by atoms with Crippen LogP contribution in [0.1, 0.15) is 33.1 Å². The molecule has 1 aliphatic rings. The number of benzene rings is 2. The van der Waals surface area contributed by atoms with E-state index in [9.17, 15) is 14.7 Å². The van der Waals surface area contributed by atoms with Gasteiger partial charge in [-0.3, -0.25) is 4.79 Å². The maximum Gasteiger partial charge on any atom is 0.352 e. The van der Waals surface area contributed by atoms with Crippen LogP contribution in [0.5, 0.6) is 0 Å². The van der Waals surface area contributed by atoms with Crippen molar-refractivity contribution in [3.05, 3.63) is 88.8 Å². The Labute approximate surface area is 167 Å². The molecule has 1 aliphatic heterocycles. The predicted octanol–water partition coefficient (Wildman–Crippen LogP) is 3.74. The molecular weight excluding hydrogens is 368 g/mol. The first-order valence-electron chi connectivity index (χ1n) is 9.16. The summed E-state index contributed by atoms with van der Waals surface area (Å²) in [6.45, 7) is 3.92. The maximum absolute atomic E-state index is 12.9. The third-order valence-electron chi connectivity index (χ3n) is 4.81. The molecule has 1 unspecified atom stereocenters. The largest absolute Gasteiger partial charge is 0.477 e. The van der Waals surface area contributed by atoms with Crippen molar-refractivity contribution in [1.29, 1.82) is 0 Å². The zero-order valence-electron chi connectivity index (χ0n) is 16.0. The van der Waals surface area contributed by atoms with Gasteiger partial charge in [-0.1, -0.05) is 42.0 Å². The van der Waals surface area contributed by atoms with Crippen molar-refractivity contribution >= 4 is 23.4 Å². The highest BCUT2D eigenvalue weighted by Crippen LogP contribution is 2.32. The number of aliphatic carboxylic acids is 1. The summed E-state index contributed by atoms with van der Waals surface area (Å²) in [7, 11) is 0. The molecule has 0 saturated carbocycles. The van der Waals surface area contributed by atoms with Gasteiger partial charge in [0.25, 0.3) is 5.91 Å². The van der Waals surface area contributed by atoms with Crippen molar-refractivity contribution in [1.82, 2.24) is 9.78 Å². The summed E-state index contributed by atoms with van der Waals surface area (Å²) in [5.41, 5.74) is 3.95. The number of carboxylic acid groups (broad SMARTS) is 1. The third kappa shape index (κ3) is 3.62. The topological polar surface area (TPSA) is 96.2 Å².